The quantitative estimate of drug-likeness (QED) is 0.499. The zero-order chi connectivity index (χ0) is 15.7. The first-order valence-corrected chi connectivity index (χ1v) is 8.19. The minimum atomic E-state index is -3.91. The van der Waals surface area contributed by atoms with Crippen LogP contribution in [0.3, 0.4) is 0 Å². The summed E-state index contributed by atoms with van der Waals surface area (Å²) in [4.78, 5) is 0. The van der Waals surface area contributed by atoms with Gasteiger partial charge in [0.05, 0.1) is 16.7 Å². The molecule has 0 saturated carbocycles. The summed E-state index contributed by atoms with van der Waals surface area (Å²) < 4.78 is 28.3. The van der Waals surface area contributed by atoms with E-state index in [0.717, 1.165) is 5.56 Å². The van der Waals surface area contributed by atoms with Crippen LogP contribution in [0.2, 0.25) is 0 Å². The third kappa shape index (κ3) is 10.1. The van der Waals surface area contributed by atoms with Crippen molar-refractivity contribution in [1.29, 1.82) is 0 Å². The fourth-order valence-electron chi connectivity index (χ4n) is 1.42. The second-order valence-corrected chi connectivity index (χ2v) is 6.13. The van der Waals surface area contributed by atoms with E-state index < -0.39 is 10.1 Å². The largest absolute Gasteiger partial charge is 1.00 e. The van der Waals surface area contributed by atoms with Gasteiger partial charge in [-0.05, 0) is 23.1 Å². The maximum atomic E-state index is 9.44. The molecule has 0 saturated heterocycles. The summed E-state index contributed by atoms with van der Waals surface area (Å²) in [7, 11) is -3.91. The van der Waals surface area contributed by atoms with E-state index in [1.807, 2.05) is 30.3 Å². The molecule has 3 rings (SSSR count). The van der Waals surface area contributed by atoms with Crippen LogP contribution >= 0.6 is 0 Å². The number of rotatable bonds is 2. The van der Waals surface area contributed by atoms with Gasteiger partial charge in [0.1, 0.15) is 0 Å². The van der Waals surface area contributed by atoms with Gasteiger partial charge in [-0.3, -0.25) is 0 Å². The predicted octanol–water partition coefficient (Wildman–Crippen LogP) is -0.675. The average Bonchev–Trinajstić information content (AvgIpc) is 3.28. The van der Waals surface area contributed by atoms with Gasteiger partial charge in [0, 0.05) is 5.75 Å². The van der Waals surface area contributed by atoms with Gasteiger partial charge in [0.15, 0.2) is 0 Å². The van der Waals surface area contributed by atoms with Crippen LogP contribution in [0.15, 0.2) is 54.6 Å². The van der Waals surface area contributed by atoms with Crippen LogP contribution in [0.1, 0.15) is 23.6 Å². The van der Waals surface area contributed by atoms with Crippen LogP contribution in [0.4, 0.5) is 0 Å². The summed E-state index contributed by atoms with van der Waals surface area (Å²) in [6.45, 7) is 1.45. The van der Waals surface area contributed by atoms with Gasteiger partial charge in [-0.25, -0.2) is 8.42 Å². The van der Waals surface area contributed by atoms with Crippen molar-refractivity contribution < 1.29 is 47.6 Å². The number of aliphatic hydroxyl groups excluding tert-OH is 1. The summed E-state index contributed by atoms with van der Waals surface area (Å²) >= 11 is 0. The number of aliphatic hydroxyl groups is 1. The molecule has 0 unspecified atom stereocenters. The molecule has 0 atom stereocenters. The molecule has 1 N–H and O–H groups in total. The van der Waals surface area contributed by atoms with E-state index in [1.54, 1.807) is 0 Å². The van der Waals surface area contributed by atoms with Crippen molar-refractivity contribution in [3.05, 3.63) is 71.3 Å². The topological polar surface area (TPSA) is 77.4 Å². The molecule has 1 aliphatic carbocycles. The summed E-state index contributed by atoms with van der Waals surface area (Å²) in [6.07, 6.45) is 1.24. The molecule has 0 fully saturated rings. The van der Waals surface area contributed by atoms with Crippen LogP contribution in [0, 0.1) is 0 Å². The molecule has 4 nitrogen and oxygen atoms in total. The molecular formula is C16H19NaO4S. The number of benzene rings is 2. The molecule has 6 heteroatoms. The third-order valence-electron chi connectivity index (χ3n) is 2.75. The molecule has 1 aliphatic rings. The molecule has 0 bridgehead atoms. The molecule has 0 heterocycles. The summed E-state index contributed by atoms with van der Waals surface area (Å²) in [5.41, 5.74) is 4.03. The van der Waals surface area contributed by atoms with Crippen LogP contribution in [-0.2, 0) is 23.1 Å². The third-order valence-corrected chi connectivity index (χ3v) is 3.46. The summed E-state index contributed by atoms with van der Waals surface area (Å²) in [5, 5.41) is 8.54. The molecule has 114 valence electrons. The van der Waals surface area contributed by atoms with E-state index in [0.29, 0.717) is 0 Å². The van der Waals surface area contributed by atoms with Gasteiger partial charge in [0.2, 0.25) is 0 Å². The van der Waals surface area contributed by atoms with Crippen molar-refractivity contribution in [2.24, 2.45) is 0 Å². The minimum Gasteiger partial charge on any atom is -0.748 e. The van der Waals surface area contributed by atoms with Crippen LogP contribution < -0.4 is 29.6 Å². The van der Waals surface area contributed by atoms with Crippen molar-refractivity contribution in [3.8, 4) is 0 Å². The Labute approximate surface area is 154 Å². The van der Waals surface area contributed by atoms with Crippen molar-refractivity contribution in [1.82, 2.24) is 0 Å². The molecule has 0 amide bonds. The molecule has 22 heavy (non-hydrogen) atoms. The van der Waals surface area contributed by atoms with E-state index >= 15 is 0 Å². The van der Waals surface area contributed by atoms with E-state index in [4.69, 9.17) is 5.11 Å². The zero-order valence-corrected chi connectivity index (χ0v) is 15.7. The summed E-state index contributed by atoms with van der Waals surface area (Å²) in [6, 6.07) is 18.1. The van der Waals surface area contributed by atoms with E-state index in [1.165, 1.54) is 24.5 Å². The maximum Gasteiger partial charge on any atom is 1.00 e. The Bertz CT molecular complexity index is 621. The molecule has 0 radical (unpaired) electrons. The number of hydrogen-bond donors (Lipinski definition) is 1. The normalized spacial score (nSPS) is 10.7. The Morgan fingerprint density at radius 1 is 1.00 bits per heavy atom. The SMILES string of the molecule is CCS(=O)(=O)[O-].OCc1ccccc1.[Na+].c1ccc2c(c1)C2. The number of fused-ring (bicyclic) bond motifs is 1. The molecule has 0 aromatic heterocycles. The van der Waals surface area contributed by atoms with Gasteiger partial charge in [-0.1, -0.05) is 61.5 Å². The van der Waals surface area contributed by atoms with E-state index in [9.17, 15) is 13.0 Å². The maximum absolute atomic E-state index is 9.44. The predicted molar refractivity (Wildman–Crippen MR) is 81.9 cm³/mol. The molecule has 2 aromatic carbocycles. The fourth-order valence-corrected chi connectivity index (χ4v) is 1.42. The Kier molecular flexibility index (Phi) is 10.6. The van der Waals surface area contributed by atoms with Gasteiger partial charge < -0.3 is 9.66 Å². The first kappa shape index (κ1) is 21.3. The fraction of sp³-hybridized carbons (Fsp3) is 0.250. The molecule has 2 aromatic rings. The second-order valence-electron chi connectivity index (χ2n) is 4.44. The molecule has 0 spiro atoms. The first-order valence-electron chi connectivity index (χ1n) is 6.61. The van der Waals surface area contributed by atoms with Gasteiger partial charge in [0.25, 0.3) is 0 Å². The zero-order valence-electron chi connectivity index (χ0n) is 12.9. The van der Waals surface area contributed by atoms with Gasteiger partial charge >= 0.3 is 29.6 Å². The Hall–Kier alpha value is -0.690. The number of hydrogen-bond acceptors (Lipinski definition) is 4. The smallest absolute Gasteiger partial charge is 0.748 e. The Morgan fingerprint density at radius 2 is 1.41 bits per heavy atom. The van der Waals surface area contributed by atoms with E-state index in [-0.39, 0.29) is 41.9 Å². The van der Waals surface area contributed by atoms with Crippen LogP contribution in [-0.4, -0.2) is 23.8 Å². The first-order chi connectivity index (χ1) is 9.96. The van der Waals surface area contributed by atoms with Crippen molar-refractivity contribution in [2.45, 2.75) is 20.0 Å². The van der Waals surface area contributed by atoms with Crippen molar-refractivity contribution in [3.63, 3.8) is 0 Å². The Balaban J connectivity index is 0.000000298. The van der Waals surface area contributed by atoms with E-state index in [2.05, 4.69) is 24.3 Å². The van der Waals surface area contributed by atoms with Gasteiger partial charge in [-0.2, -0.15) is 0 Å². The summed E-state index contributed by atoms with van der Waals surface area (Å²) in [5.74, 6) is -0.312. The van der Waals surface area contributed by atoms with Crippen molar-refractivity contribution >= 4 is 10.1 Å². The Morgan fingerprint density at radius 3 is 1.68 bits per heavy atom. The minimum absolute atomic E-state index is 0. The van der Waals surface area contributed by atoms with Gasteiger partial charge in [-0.15, -0.1) is 0 Å². The molecule has 0 aliphatic heterocycles. The average molecular weight is 330 g/mol. The molecular weight excluding hydrogens is 311 g/mol. The van der Waals surface area contributed by atoms with Crippen LogP contribution in [0.5, 0.6) is 0 Å². The second kappa shape index (κ2) is 10.9. The standard InChI is InChI=1S/C7H8O.C7H6.C2H6O3S.Na/c8-6-7-4-2-1-3-5-7;1-2-4-7-5-6(7)3-1;1-2-6(3,4)5;/h1-5,8H,6H2;1-4H,5H2;2H2,1H3,(H,3,4,5);/q;;;+1/p-1. The monoisotopic (exact) mass is 330 g/mol. The van der Waals surface area contributed by atoms with Crippen LogP contribution in [0.25, 0.3) is 0 Å². The van der Waals surface area contributed by atoms with Crippen molar-refractivity contribution in [2.75, 3.05) is 5.75 Å².